The lowest BCUT2D eigenvalue weighted by molar-refractivity contribution is 0.435. The van der Waals surface area contributed by atoms with Crippen molar-refractivity contribution in [3.8, 4) is 0 Å². The maximum atomic E-state index is 3.70. The molecular weight excluding hydrogens is 280 g/mol. The first kappa shape index (κ1) is 13.6. The Labute approximate surface area is 137 Å². The molecule has 1 aromatic heterocycles. The summed E-state index contributed by atoms with van der Waals surface area (Å²) in [6, 6.07) is 16.1. The Hall–Kier alpha value is -1.80. The summed E-state index contributed by atoms with van der Waals surface area (Å²) in [7, 11) is 0. The van der Waals surface area contributed by atoms with Crippen molar-refractivity contribution in [3.05, 3.63) is 48.0 Å². The Morgan fingerprint density at radius 1 is 1.09 bits per heavy atom. The second-order valence-electron chi connectivity index (χ2n) is 7.67. The first-order valence-electron chi connectivity index (χ1n) is 9.01. The van der Waals surface area contributed by atoms with Gasteiger partial charge in [0.05, 0.1) is 0 Å². The van der Waals surface area contributed by atoms with E-state index in [0.29, 0.717) is 0 Å². The van der Waals surface area contributed by atoms with Gasteiger partial charge in [-0.1, -0.05) is 24.3 Å². The monoisotopic (exact) mass is 304 g/mol. The second-order valence-corrected chi connectivity index (χ2v) is 7.67. The molecule has 1 aliphatic heterocycles. The lowest BCUT2D eigenvalue weighted by Gasteiger charge is -2.25. The molecule has 0 radical (unpaired) electrons. The van der Waals surface area contributed by atoms with E-state index in [1.54, 1.807) is 0 Å². The van der Waals surface area contributed by atoms with Crippen LogP contribution < -0.4 is 5.32 Å². The van der Waals surface area contributed by atoms with Gasteiger partial charge in [-0.25, -0.2) is 0 Å². The Kier molecular flexibility index (Phi) is 2.87. The van der Waals surface area contributed by atoms with Crippen LogP contribution in [0.25, 0.3) is 21.8 Å². The first-order valence-corrected chi connectivity index (χ1v) is 9.01. The van der Waals surface area contributed by atoms with Crippen molar-refractivity contribution in [1.82, 2.24) is 9.88 Å². The number of hydrogen-bond acceptors (Lipinski definition) is 1. The minimum Gasteiger partial charge on any atom is -0.340 e. The molecule has 5 rings (SSSR count). The summed E-state index contributed by atoms with van der Waals surface area (Å²) in [4.78, 5) is 0. The molecule has 2 heteroatoms. The normalized spacial score (nSPS) is 24.7. The number of para-hydroxylation sites is 1. The van der Waals surface area contributed by atoms with Crippen LogP contribution in [0.1, 0.15) is 38.2 Å². The summed E-state index contributed by atoms with van der Waals surface area (Å²) >= 11 is 0. The maximum Gasteiger partial charge on any atom is 0.0491 e. The molecule has 0 amide bonds. The van der Waals surface area contributed by atoms with Gasteiger partial charge in [0.25, 0.3) is 0 Å². The van der Waals surface area contributed by atoms with Crippen LogP contribution in [0.15, 0.2) is 42.5 Å². The third-order valence-electron chi connectivity index (χ3n) is 5.92. The van der Waals surface area contributed by atoms with Gasteiger partial charge in [-0.05, 0) is 68.8 Å². The van der Waals surface area contributed by atoms with E-state index in [1.165, 1.54) is 59.6 Å². The van der Waals surface area contributed by atoms with Gasteiger partial charge in [0.1, 0.15) is 0 Å². The SMILES string of the molecule is CC1(c2ccc3c(c2)c2ccccc2n3CC2CC2)CCCN1. The molecule has 0 spiro atoms. The van der Waals surface area contributed by atoms with Crippen molar-refractivity contribution in [1.29, 1.82) is 0 Å². The minimum atomic E-state index is 0.147. The van der Waals surface area contributed by atoms with Crippen molar-refractivity contribution < 1.29 is 0 Å². The van der Waals surface area contributed by atoms with Crippen molar-refractivity contribution in [3.63, 3.8) is 0 Å². The van der Waals surface area contributed by atoms with Gasteiger partial charge in [-0.15, -0.1) is 0 Å². The summed E-state index contributed by atoms with van der Waals surface area (Å²) in [6.45, 7) is 4.67. The molecule has 23 heavy (non-hydrogen) atoms. The number of fused-ring (bicyclic) bond motifs is 3. The Balaban J connectivity index is 1.74. The molecule has 3 aromatic rings. The zero-order chi connectivity index (χ0) is 15.4. The Morgan fingerprint density at radius 3 is 2.70 bits per heavy atom. The molecule has 2 fully saturated rings. The van der Waals surface area contributed by atoms with Crippen molar-refractivity contribution in [2.45, 2.75) is 44.7 Å². The molecule has 1 atom stereocenters. The molecule has 1 unspecified atom stereocenters. The molecule has 1 saturated carbocycles. The standard InChI is InChI=1S/C21H24N2/c1-21(11-4-12-22-21)16-9-10-20-18(13-16)17-5-2-3-6-19(17)23(20)14-15-7-8-15/h2-3,5-6,9-10,13,15,22H,4,7-8,11-12,14H2,1H3. The number of nitrogens with zero attached hydrogens (tertiary/aromatic N) is 1. The topological polar surface area (TPSA) is 17.0 Å². The average Bonchev–Trinajstić information content (AvgIpc) is 3.21. The molecule has 2 aromatic carbocycles. The number of nitrogens with one attached hydrogen (secondary N) is 1. The lowest BCUT2D eigenvalue weighted by atomic mass is 9.89. The highest BCUT2D eigenvalue weighted by molar-refractivity contribution is 6.08. The lowest BCUT2D eigenvalue weighted by Crippen LogP contribution is -2.32. The van der Waals surface area contributed by atoms with E-state index in [-0.39, 0.29) is 5.54 Å². The van der Waals surface area contributed by atoms with Crippen LogP contribution in [-0.2, 0) is 12.1 Å². The highest BCUT2D eigenvalue weighted by Gasteiger charge is 2.30. The number of hydrogen-bond donors (Lipinski definition) is 1. The van der Waals surface area contributed by atoms with Gasteiger partial charge in [0.15, 0.2) is 0 Å². The molecular formula is C21H24N2. The van der Waals surface area contributed by atoms with E-state index in [1.807, 2.05) is 0 Å². The van der Waals surface area contributed by atoms with Crippen molar-refractivity contribution >= 4 is 21.8 Å². The van der Waals surface area contributed by atoms with Crippen LogP contribution >= 0.6 is 0 Å². The molecule has 118 valence electrons. The van der Waals surface area contributed by atoms with Crippen LogP contribution in [0.2, 0.25) is 0 Å². The van der Waals surface area contributed by atoms with Gasteiger partial charge in [-0.3, -0.25) is 0 Å². The van der Waals surface area contributed by atoms with Gasteiger partial charge in [-0.2, -0.15) is 0 Å². The predicted octanol–water partition coefficient (Wildman–Crippen LogP) is 4.80. The smallest absolute Gasteiger partial charge is 0.0491 e. The van der Waals surface area contributed by atoms with Gasteiger partial charge in [0.2, 0.25) is 0 Å². The first-order chi connectivity index (χ1) is 11.2. The van der Waals surface area contributed by atoms with Crippen LogP contribution in [0.3, 0.4) is 0 Å². The number of benzene rings is 2. The van der Waals surface area contributed by atoms with Crippen LogP contribution in [0, 0.1) is 5.92 Å². The highest BCUT2D eigenvalue weighted by atomic mass is 15.0. The predicted molar refractivity (Wildman–Crippen MR) is 96.8 cm³/mol. The zero-order valence-electron chi connectivity index (χ0n) is 13.8. The summed E-state index contributed by atoms with van der Waals surface area (Å²) < 4.78 is 2.55. The minimum absolute atomic E-state index is 0.147. The molecule has 2 aliphatic rings. The maximum absolute atomic E-state index is 3.70. The Morgan fingerprint density at radius 2 is 1.91 bits per heavy atom. The third kappa shape index (κ3) is 2.12. The summed E-state index contributed by atoms with van der Waals surface area (Å²) in [5.74, 6) is 0.891. The summed E-state index contributed by atoms with van der Waals surface area (Å²) in [5.41, 5.74) is 4.39. The van der Waals surface area contributed by atoms with Crippen LogP contribution in [-0.4, -0.2) is 11.1 Å². The van der Waals surface area contributed by atoms with E-state index in [0.717, 1.165) is 12.5 Å². The van der Waals surface area contributed by atoms with E-state index in [4.69, 9.17) is 0 Å². The van der Waals surface area contributed by atoms with Crippen molar-refractivity contribution in [2.24, 2.45) is 5.92 Å². The molecule has 2 nitrogen and oxygen atoms in total. The molecule has 2 heterocycles. The van der Waals surface area contributed by atoms with E-state index in [9.17, 15) is 0 Å². The molecule has 0 bridgehead atoms. The quantitative estimate of drug-likeness (QED) is 0.735. The van der Waals surface area contributed by atoms with Gasteiger partial charge >= 0.3 is 0 Å². The Bertz CT molecular complexity index is 879. The average molecular weight is 304 g/mol. The fourth-order valence-corrected chi connectivity index (χ4v) is 4.29. The van der Waals surface area contributed by atoms with Crippen LogP contribution in [0.5, 0.6) is 0 Å². The van der Waals surface area contributed by atoms with Crippen LogP contribution in [0.4, 0.5) is 0 Å². The highest BCUT2D eigenvalue weighted by Crippen LogP contribution is 2.38. The fraction of sp³-hybridized carbons (Fsp3) is 0.429. The third-order valence-corrected chi connectivity index (χ3v) is 5.92. The van der Waals surface area contributed by atoms with Gasteiger partial charge in [0, 0.05) is 33.9 Å². The number of rotatable bonds is 3. The van der Waals surface area contributed by atoms with Gasteiger partial charge < -0.3 is 9.88 Å². The molecule has 1 aliphatic carbocycles. The summed E-state index contributed by atoms with van der Waals surface area (Å²) in [6.07, 6.45) is 5.30. The van der Waals surface area contributed by atoms with E-state index in [2.05, 4.69) is 59.3 Å². The van der Waals surface area contributed by atoms with E-state index >= 15 is 0 Å². The molecule has 1 saturated heterocycles. The largest absolute Gasteiger partial charge is 0.340 e. The molecule has 1 N–H and O–H groups in total. The zero-order valence-corrected chi connectivity index (χ0v) is 13.8. The van der Waals surface area contributed by atoms with E-state index < -0.39 is 0 Å². The summed E-state index contributed by atoms with van der Waals surface area (Å²) in [5, 5.41) is 6.54. The fourth-order valence-electron chi connectivity index (χ4n) is 4.29. The number of aromatic nitrogens is 1. The van der Waals surface area contributed by atoms with Crippen molar-refractivity contribution in [2.75, 3.05) is 6.54 Å². The second kappa shape index (κ2) is 4.85.